The van der Waals surface area contributed by atoms with E-state index in [-0.39, 0.29) is 17.7 Å². The summed E-state index contributed by atoms with van der Waals surface area (Å²) in [6.07, 6.45) is 5.17. The first-order valence-corrected chi connectivity index (χ1v) is 6.76. The predicted molar refractivity (Wildman–Crippen MR) is 65.3 cm³/mol. The summed E-state index contributed by atoms with van der Waals surface area (Å²) in [5.74, 6) is 0.889. The summed E-state index contributed by atoms with van der Waals surface area (Å²) in [7, 11) is 0. The van der Waals surface area contributed by atoms with E-state index in [0.29, 0.717) is 13.0 Å². The summed E-state index contributed by atoms with van der Waals surface area (Å²) < 4.78 is 0. The lowest BCUT2D eigenvalue weighted by atomic mass is 9.92. The van der Waals surface area contributed by atoms with Crippen molar-refractivity contribution in [2.24, 2.45) is 11.8 Å². The van der Waals surface area contributed by atoms with Crippen LogP contribution in [0.5, 0.6) is 0 Å². The molecule has 1 atom stereocenters. The van der Waals surface area contributed by atoms with Crippen molar-refractivity contribution in [1.29, 1.82) is 0 Å². The van der Waals surface area contributed by atoms with Gasteiger partial charge in [0.1, 0.15) is 0 Å². The van der Waals surface area contributed by atoms with Crippen LogP contribution in [0.1, 0.15) is 39.0 Å². The van der Waals surface area contributed by atoms with Gasteiger partial charge in [0.05, 0.1) is 5.92 Å². The number of carbonyl (C=O) groups is 2. The summed E-state index contributed by atoms with van der Waals surface area (Å²) in [4.78, 5) is 25.2. The zero-order valence-electron chi connectivity index (χ0n) is 10.6. The molecular weight excluding hydrogens is 216 g/mol. The average molecular weight is 238 g/mol. The highest BCUT2D eigenvalue weighted by molar-refractivity contribution is 5.89. The van der Waals surface area contributed by atoms with E-state index in [2.05, 4.69) is 12.2 Å². The standard InChI is InChI=1S/C13H22N2O2/c1-2-3-10-4-6-15(7-5-10)13(17)11-8-12(16)14-9-11/h10-11H,2-9H2,1H3,(H,14,16). The Morgan fingerprint density at radius 3 is 2.65 bits per heavy atom. The lowest BCUT2D eigenvalue weighted by Crippen LogP contribution is -2.42. The maximum Gasteiger partial charge on any atom is 0.227 e. The van der Waals surface area contributed by atoms with Crippen LogP contribution < -0.4 is 5.32 Å². The van der Waals surface area contributed by atoms with Crippen molar-refractivity contribution in [2.45, 2.75) is 39.0 Å². The molecule has 2 rings (SSSR count). The molecule has 96 valence electrons. The van der Waals surface area contributed by atoms with E-state index in [9.17, 15) is 9.59 Å². The van der Waals surface area contributed by atoms with Crippen molar-refractivity contribution >= 4 is 11.8 Å². The molecule has 2 saturated heterocycles. The van der Waals surface area contributed by atoms with Gasteiger partial charge in [-0.05, 0) is 18.8 Å². The van der Waals surface area contributed by atoms with Crippen LogP contribution >= 0.6 is 0 Å². The van der Waals surface area contributed by atoms with Gasteiger partial charge in [0.15, 0.2) is 0 Å². The molecular formula is C13H22N2O2. The fourth-order valence-electron chi connectivity index (χ4n) is 2.89. The molecule has 2 aliphatic heterocycles. The highest BCUT2D eigenvalue weighted by Crippen LogP contribution is 2.23. The van der Waals surface area contributed by atoms with Crippen LogP contribution in [-0.4, -0.2) is 36.3 Å². The molecule has 1 N–H and O–H groups in total. The quantitative estimate of drug-likeness (QED) is 0.802. The third kappa shape index (κ3) is 2.99. The number of hydrogen-bond acceptors (Lipinski definition) is 2. The Morgan fingerprint density at radius 1 is 1.41 bits per heavy atom. The van der Waals surface area contributed by atoms with Crippen LogP contribution in [-0.2, 0) is 9.59 Å². The third-order valence-corrected chi connectivity index (χ3v) is 3.95. The Balaban J connectivity index is 1.80. The van der Waals surface area contributed by atoms with E-state index in [1.165, 1.54) is 12.8 Å². The molecule has 0 aromatic rings. The van der Waals surface area contributed by atoms with E-state index in [4.69, 9.17) is 0 Å². The number of carbonyl (C=O) groups excluding carboxylic acids is 2. The van der Waals surface area contributed by atoms with Crippen molar-refractivity contribution in [2.75, 3.05) is 19.6 Å². The van der Waals surface area contributed by atoms with Crippen molar-refractivity contribution in [3.63, 3.8) is 0 Å². The molecule has 2 fully saturated rings. The minimum atomic E-state index is -0.106. The first-order valence-electron chi connectivity index (χ1n) is 6.76. The molecule has 0 spiro atoms. The molecule has 4 heteroatoms. The molecule has 0 aromatic carbocycles. The predicted octanol–water partition coefficient (Wildman–Crippen LogP) is 1.16. The van der Waals surface area contributed by atoms with E-state index >= 15 is 0 Å². The van der Waals surface area contributed by atoms with Gasteiger partial charge in [0.2, 0.25) is 11.8 Å². The summed E-state index contributed by atoms with van der Waals surface area (Å²) in [6.45, 7) is 4.52. The summed E-state index contributed by atoms with van der Waals surface area (Å²) >= 11 is 0. The molecule has 0 aliphatic carbocycles. The number of rotatable bonds is 3. The smallest absolute Gasteiger partial charge is 0.227 e. The van der Waals surface area contributed by atoms with Gasteiger partial charge in [-0.1, -0.05) is 19.8 Å². The Hall–Kier alpha value is -1.06. The zero-order valence-corrected chi connectivity index (χ0v) is 10.6. The van der Waals surface area contributed by atoms with Gasteiger partial charge >= 0.3 is 0 Å². The van der Waals surface area contributed by atoms with Crippen molar-refractivity contribution < 1.29 is 9.59 Å². The maximum absolute atomic E-state index is 12.1. The molecule has 0 bridgehead atoms. The normalized spacial score (nSPS) is 26.1. The van der Waals surface area contributed by atoms with Gasteiger partial charge in [0.25, 0.3) is 0 Å². The number of piperidine rings is 1. The summed E-state index contributed by atoms with van der Waals surface area (Å²) in [6, 6.07) is 0. The Bertz CT molecular complexity index is 296. The van der Waals surface area contributed by atoms with Gasteiger partial charge < -0.3 is 10.2 Å². The van der Waals surface area contributed by atoms with Gasteiger partial charge in [-0.25, -0.2) is 0 Å². The molecule has 0 saturated carbocycles. The number of hydrogen-bond donors (Lipinski definition) is 1. The molecule has 2 amide bonds. The minimum absolute atomic E-state index is 0.0178. The topological polar surface area (TPSA) is 49.4 Å². The van der Waals surface area contributed by atoms with Crippen molar-refractivity contribution in [3.05, 3.63) is 0 Å². The van der Waals surface area contributed by atoms with Crippen LogP contribution in [0, 0.1) is 11.8 Å². The summed E-state index contributed by atoms with van der Waals surface area (Å²) in [5.41, 5.74) is 0. The van der Waals surface area contributed by atoms with Gasteiger partial charge in [-0.15, -0.1) is 0 Å². The Labute approximate surface area is 103 Å². The van der Waals surface area contributed by atoms with Gasteiger partial charge in [-0.3, -0.25) is 9.59 Å². The largest absolute Gasteiger partial charge is 0.355 e. The fraction of sp³-hybridized carbons (Fsp3) is 0.846. The summed E-state index contributed by atoms with van der Waals surface area (Å²) in [5, 5.41) is 2.73. The van der Waals surface area contributed by atoms with Crippen LogP contribution in [0.15, 0.2) is 0 Å². The second-order valence-corrected chi connectivity index (χ2v) is 5.26. The van der Waals surface area contributed by atoms with E-state index in [0.717, 1.165) is 31.8 Å². The molecule has 4 nitrogen and oxygen atoms in total. The minimum Gasteiger partial charge on any atom is -0.355 e. The SMILES string of the molecule is CCCC1CCN(C(=O)C2CNC(=O)C2)CC1. The number of nitrogens with zero attached hydrogens (tertiary/aromatic N) is 1. The Morgan fingerprint density at radius 2 is 2.12 bits per heavy atom. The highest BCUT2D eigenvalue weighted by Gasteiger charge is 2.32. The second kappa shape index (κ2) is 5.52. The molecule has 17 heavy (non-hydrogen) atoms. The molecule has 2 aliphatic rings. The number of likely N-dealkylation sites (tertiary alicyclic amines) is 1. The first kappa shape index (κ1) is 12.4. The van der Waals surface area contributed by atoms with Crippen molar-refractivity contribution in [3.8, 4) is 0 Å². The Kier molecular flexibility index (Phi) is 4.02. The number of nitrogens with one attached hydrogen (secondary N) is 1. The average Bonchev–Trinajstić information content (AvgIpc) is 2.76. The zero-order chi connectivity index (χ0) is 12.3. The fourth-order valence-corrected chi connectivity index (χ4v) is 2.89. The maximum atomic E-state index is 12.1. The van der Waals surface area contributed by atoms with Crippen LogP contribution in [0.25, 0.3) is 0 Å². The molecule has 0 aromatic heterocycles. The van der Waals surface area contributed by atoms with Crippen LogP contribution in [0.2, 0.25) is 0 Å². The highest BCUT2D eigenvalue weighted by atomic mass is 16.2. The van der Waals surface area contributed by atoms with E-state index in [1.54, 1.807) is 0 Å². The molecule has 1 unspecified atom stereocenters. The first-order chi connectivity index (χ1) is 8.20. The lowest BCUT2D eigenvalue weighted by Gasteiger charge is -2.33. The van der Waals surface area contributed by atoms with Gasteiger partial charge in [0, 0.05) is 26.1 Å². The molecule has 0 radical (unpaired) electrons. The van der Waals surface area contributed by atoms with Crippen LogP contribution in [0.4, 0.5) is 0 Å². The monoisotopic (exact) mass is 238 g/mol. The van der Waals surface area contributed by atoms with Gasteiger partial charge in [-0.2, -0.15) is 0 Å². The third-order valence-electron chi connectivity index (χ3n) is 3.95. The molecule has 2 heterocycles. The van der Waals surface area contributed by atoms with Crippen LogP contribution in [0.3, 0.4) is 0 Å². The van der Waals surface area contributed by atoms with E-state index < -0.39 is 0 Å². The van der Waals surface area contributed by atoms with Crippen molar-refractivity contribution in [1.82, 2.24) is 10.2 Å². The van der Waals surface area contributed by atoms with E-state index in [1.807, 2.05) is 4.90 Å². The number of amides is 2. The lowest BCUT2D eigenvalue weighted by molar-refractivity contribution is -0.137. The second-order valence-electron chi connectivity index (χ2n) is 5.26.